The highest BCUT2D eigenvalue weighted by atomic mass is 35.5. The van der Waals surface area contributed by atoms with Gasteiger partial charge >= 0.3 is 0 Å². The molecule has 27 heavy (non-hydrogen) atoms. The standard InChI is InChI=1S/C18H21N7O.ClH/c19-18(17(26)22-11-13-3-1-2-7-20-13)5-9-25(10-6-18)16-14-4-8-21-15(14)23-12-24-16;/h1-4,7-8,12H,5-6,9-11,19H2,(H,22,26)(H,21,23,24);1H. The zero-order chi connectivity index (χ0) is 18.0. The molecule has 9 heteroatoms. The summed E-state index contributed by atoms with van der Waals surface area (Å²) < 4.78 is 0. The maximum absolute atomic E-state index is 12.6. The van der Waals surface area contributed by atoms with Crippen LogP contribution in [0.5, 0.6) is 0 Å². The lowest BCUT2D eigenvalue weighted by molar-refractivity contribution is -0.127. The number of aromatic nitrogens is 4. The maximum atomic E-state index is 12.6. The molecule has 0 radical (unpaired) electrons. The number of hydrogen-bond donors (Lipinski definition) is 3. The number of nitrogens with one attached hydrogen (secondary N) is 2. The van der Waals surface area contributed by atoms with E-state index in [1.54, 1.807) is 12.5 Å². The summed E-state index contributed by atoms with van der Waals surface area (Å²) in [4.78, 5) is 30.7. The van der Waals surface area contributed by atoms with Crippen molar-refractivity contribution in [1.29, 1.82) is 0 Å². The fraction of sp³-hybridized carbons (Fsp3) is 0.333. The van der Waals surface area contributed by atoms with Gasteiger partial charge in [0.25, 0.3) is 0 Å². The number of nitrogens with zero attached hydrogens (tertiary/aromatic N) is 4. The Balaban J connectivity index is 0.00000210. The van der Waals surface area contributed by atoms with Crippen molar-refractivity contribution in [3.05, 3.63) is 48.7 Å². The summed E-state index contributed by atoms with van der Waals surface area (Å²) in [5, 5.41) is 3.90. The van der Waals surface area contributed by atoms with E-state index in [-0.39, 0.29) is 18.3 Å². The number of pyridine rings is 1. The van der Waals surface area contributed by atoms with Gasteiger partial charge in [0.2, 0.25) is 5.91 Å². The van der Waals surface area contributed by atoms with Crippen molar-refractivity contribution in [3.8, 4) is 0 Å². The first-order chi connectivity index (χ1) is 12.7. The minimum atomic E-state index is -0.866. The summed E-state index contributed by atoms with van der Waals surface area (Å²) in [6.45, 7) is 1.73. The highest BCUT2D eigenvalue weighted by molar-refractivity contribution is 5.88. The normalized spacial score (nSPS) is 16.0. The number of hydrogen-bond acceptors (Lipinski definition) is 6. The fourth-order valence-corrected chi connectivity index (χ4v) is 3.30. The minimum absolute atomic E-state index is 0. The second-order valence-corrected chi connectivity index (χ2v) is 6.58. The van der Waals surface area contributed by atoms with Crippen LogP contribution >= 0.6 is 12.4 Å². The smallest absolute Gasteiger partial charge is 0.240 e. The Bertz CT molecular complexity index is 906. The topological polar surface area (TPSA) is 113 Å². The molecule has 4 N–H and O–H groups in total. The molecule has 3 aromatic heterocycles. The SMILES string of the molecule is Cl.NC1(C(=O)NCc2ccccn2)CCN(c2ncnc3[nH]ccc23)CC1. The first-order valence-electron chi connectivity index (χ1n) is 8.66. The lowest BCUT2D eigenvalue weighted by Crippen LogP contribution is -2.59. The van der Waals surface area contributed by atoms with E-state index >= 15 is 0 Å². The van der Waals surface area contributed by atoms with Crippen molar-refractivity contribution in [2.75, 3.05) is 18.0 Å². The quantitative estimate of drug-likeness (QED) is 0.623. The maximum Gasteiger partial charge on any atom is 0.240 e. The van der Waals surface area contributed by atoms with Crippen LogP contribution in [0.3, 0.4) is 0 Å². The van der Waals surface area contributed by atoms with Gasteiger partial charge in [-0.2, -0.15) is 0 Å². The van der Waals surface area contributed by atoms with Gasteiger partial charge < -0.3 is 20.9 Å². The number of H-pyrrole nitrogens is 1. The van der Waals surface area contributed by atoms with Crippen LogP contribution in [0.15, 0.2) is 43.0 Å². The van der Waals surface area contributed by atoms with Crippen molar-refractivity contribution in [1.82, 2.24) is 25.3 Å². The van der Waals surface area contributed by atoms with Gasteiger partial charge in [-0.05, 0) is 31.0 Å². The van der Waals surface area contributed by atoms with Crippen molar-refractivity contribution in [2.45, 2.75) is 24.9 Å². The molecule has 0 aliphatic carbocycles. The first kappa shape index (κ1) is 19.1. The Labute approximate surface area is 163 Å². The zero-order valence-electron chi connectivity index (χ0n) is 14.8. The van der Waals surface area contributed by atoms with Gasteiger partial charge in [-0.1, -0.05) is 6.07 Å². The molecule has 0 spiro atoms. The van der Waals surface area contributed by atoms with E-state index in [1.807, 2.05) is 30.5 Å². The van der Waals surface area contributed by atoms with Crippen LogP contribution in [0, 0.1) is 0 Å². The van der Waals surface area contributed by atoms with Crippen LogP contribution in [-0.2, 0) is 11.3 Å². The number of aromatic amines is 1. The molecular formula is C18H22ClN7O. The van der Waals surface area contributed by atoms with Crippen LogP contribution < -0.4 is 16.0 Å². The van der Waals surface area contributed by atoms with Crippen molar-refractivity contribution in [2.24, 2.45) is 5.73 Å². The van der Waals surface area contributed by atoms with Gasteiger partial charge in [0.1, 0.15) is 17.8 Å². The van der Waals surface area contributed by atoms with Crippen molar-refractivity contribution >= 4 is 35.2 Å². The Morgan fingerprint density at radius 1 is 1.22 bits per heavy atom. The number of carbonyl (C=O) groups excluding carboxylic acids is 1. The average molecular weight is 388 g/mol. The number of fused-ring (bicyclic) bond motifs is 1. The summed E-state index contributed by atoms with van der Waals surface area (Å²) in [6, 6.07) is 7.59. The predicted molar refractivity (Wildman–Crippen MR) is 106 cm³/mol. The van der Waals surface area contributed by atoms with Gasteiger partial charge in [0.15, 0.2) is 0 Å². The number of carbonyl (C=O) groups is 1. The molecule has 1 saturated heterocycles. The van der Waals surface area contributed by atoms with Gasteiger partial charge in [0, 0.05) is 25.5 Å². The second kappa shape index (κ2) is 7.89. The summed E-state index contributed by atoms with van der Waals surface area (Å²) in [5.74, 6) is 0.754. The Hall–Kier alpha value is -2.71. The van der Waals surface area contributed by atoms with Crippen LogP contribution in [0.4, 0.5) is 5.82 Å². The third kappa shape index (κ3) is 3.86. The Kier molecular flexibility index (Phi) is 5.57. The highest BCUT2D eigenvalue weighted by Crippen LogP contribution is 2.28. The molecule has 1 amide bonds. The van der Waals surface area contributed by atoms with Crippen molar-refractivity contribution in [3.63, 3.8) is 0 Å². The minimum Gasteiger partial charge on any atom is -0.356 e. The molecule has 4 heterocycles. The van der Waals surface area contributed by atoms with Crippen LogP contribution in [0.2, 0.25) is 0 Å². The highest BCUT2D eigenvalue weighted by Gasteiger charge is 2.38. The monoisotopic (exact) mass is 387 g/mol. The van der Waals surface area contributed by atoms with E-state index in [0.29, 0.717) is 32.5 Å². The van der Waals surface area contributed by atoms with Gasteiger partial charge in [-0.3, -0.25) is 9.78 Å². The van der Waals surface area contributed by atoms with Gasteiger partial charge in [0.05, 0.1) is 23.2 Å². The Morgan fingerprint density at radius 2 is 2.04 bits per heavy atom. The molecule has 3 aromatic rings. The lowest BCUT2D eigenvalue weighted by Gasteiger charge is -2.38. The third-order valence-corrected chi connectivity index (χ3v) is 4.90. The largest absolute Gasteiger partial charge is 0.356 e. The third-order valence-electron chi connectivity index (χ3n) is 4.90. The molecule has 0 aromatic carbocycles. The van der Waals surface area contributed by atoms with Gasteiger partial charge in [-0.25, -0.2) is 9.97 Å². The molecule has 4 rings (SSSR count). The van der Waals surface area contributed by atoms with E-state index < -0.39 is 5.54 Å². The summed E-state index contributed by atoms with van der Waals surface area (Å²) in [6.07, 6.45) is 6.25. The van der Waals surface area contributed by atoms with Crippen molar-refractivity contribution < 1.29 is 4.79 Å². The van der Waals surface area contributed by atoms with Crippen LogP contribution in [0.1, 0.15) is 18.5 Å². The number of rotatable bonds is 4. The molecule has 8 nitrogen and oxygen atoms in total. The van der Waals surface area contributed by atoms with E-state index in [2.05, 4.69) is 30.2 Å². The number of anilines is 1. The molecule has 0 unspecified atom stereocenters. The van der Waals surface area contributed by atoms with Crippen LogP contribution in [0.25, 0.3) is 11.0 Å². The molecule has 1 aliphatic rings. The molecule has 1 fully saturated rings. The number of amides is 1. The molecule has 1 aliphatic heterocycles. The van der Waals surface area contributed by atoms with Crippen LogP contribution in [-0.4, -0.2) is 44.5 Å². The predicted octanol–water partition coefficient (Wildman–Crippen LogP) is 1.39. The van der Waals surface area contributed by atoms with Gasteiger partial charge in [-0.15, -0.1) is 12.4 Å². The first-order valence-corrected chi connectivity index (χ1v) is 8.66. The zero-order valence-corrected chi connectivity index (χ0v) is 15.6. The number of halogens is 1. The summed E-state index contributed by atoms with van der Waals surface area (Å²) >= 11 is 0. The number of nitrogens with two attached hydrogens (primary N) is 1. The van der Waals surface area contributed by atoms with E-state index in [0.717, 1.165) is 22.5 Å². The lowest BCUT2D eigenvalue weighted by atomic mass is 9.87. The summed E-state index contributed by atoms with van der Waals surface area (Å²) in [5.41, 5.74) is 7.17. The molecule has 0 saturated carbocycles. The Morgan fingerprint density at radius 3 is 2.78 bits per heavy atom. The molecule has 142 valence electrons. The molecule has 0 atom stereocenters. The molecular weight excluding hydrogens is 366 g/mol. The second-order valence-electron chi connectivity index (χ2n) is 6.58. The van der Waals surface area contributed by atoms with E-state index in [9.17, 15) is 4.79 Å². The summed E-state index contributed by atoms with van der Waals surface area (Å²) in [7, 11) is 0. The van der Waals surface area contributed by atoms with E-state index in [1.165, 1.54) is 0 Å². The fourth-order valence-electron chi connectivity index (χ4n) is 3.30. The van der Waals surface area contributed by atoms with E-state index in [4.69, 9.17) is 5.73 Å². The number of piperidine rings is 1. The molecule has 0 bridgehead atoms. The average Bonchev–Trinajstić information content (AvgIpc) is 3.16.